The van der Waals surface area contributed by atoms with E-state index in [1.54, 1.807) is 0 Å². The van der Waals surface area contributed by atoms with E-state index in [2.05, 4.69) is 4.90 Å². The first-order valence-corrected chi connectivity index (χ1v) is 6.21. The van der Waals surface area contributed by atoms with Gasteiger partial charge in [0.05, 0.1) is 12.1 Å². The highest BCUT2D eigenvalue weighted by Gasteiger charge is 2.14. The molecule has 19 heavy (non-hydrogen) atoms. The number of rotatable bonds is 7. The molecular weight excluding hydrogens is 250 g/mol. The molecule has 1 aromatic carbocycles. The molecule has 0 fully saturated rings. The normalized spacial score (nSPS) is 11.3. The second kappa shape index (κ2) is 7.31. The van der Waals surface area contributed by atoms with E-state index in [9.17, 15) is 13.6 Å². The Kier molecular flexibility index (Phi) is 6.05. The van der Waals surface area contributed by atoms with E-state index >= 15 is 0 Å². The van der Waals surface area contributed by atoms with E-state index in [0.717, 1.165) is 31.6 Å². The highest BCUT2D eigenvalue weighted by Crippen LogP contribution is 2.10. The molecule has 0 aliphatic heterocycles. The van der Waals surface area contributed by atoms with E-state index in [0.29, 0.717) is 0 Å². The van der Waals surface area contributed by atoms with Crippen molar-refractivity contribution >= 4 is 5.78 Å². The molecule has 1 rings (SSSR count). The minimum Gasteiger partial charge on any atom is -0.309 e. The second-order valence-electron chi connectivity index (χ2n) is 4.94. The molecule has 0 N–H and O–H groups in total. The van der Waals surface area contributed by atoms with Gasteiger partial charge in [0.1, 0.15) is 11.6 Å². The zero-order valence-corrected chi connectivity index (χ0v) is 11.6. The lowest BCUT2D eigenvalue weighted by Gasteiger charge is -2.17. The average Bonchev–Trinajstić information content (AvgIpc) is 2.27. The monoisotopic (exact) mass is 270 g/mol. The Bertz CT molecular complexity index is 435. The van der Waals surface area contributed by atoms with Crippen LogP contribution >= 0.6 is 0 Å². The van der Waals surface area contributed by atoms with Crippen LogP contribution in [0.3, 0.4) is 0 Å². The lowest BCUT2D eigenvalue weighted by molar-refractivity contribution is 0.0940. The topological polar surface area (TPSA) is 23.6 Å². The van der Waals surface area contributed by atoms with E-state index in [-0.39, 0.29) is 17.9 Å². The predicted octanol–water partition coefficient (Wildman–Crippen LogP) is 2.03. The van der Waals surface area contributed by atoms with Crippen molar-refractivity contribution in [2.45, 2.75) is 6.42 Å². The number of hydrogen-bond acceptors (Lipinski definition) is 3. The number of benzene rings is 1. The molecule has 0 radical (unpaired) electrons. The van der Waals surface area contributed by atoms with Crippen LogP contribution in [-0.4, -0.2) is 56.4 Å². The summed E-state index contributed by atoms with van der Waals surface area (Å²) in [7, 11) is 5.78. The maximum atomic E-state index is 13.4. The summed E-state index contributed by atoms with van der Waals surface area (Å²) in [6, 6.07) is 3.03. The van der Waals surface area contributed by atoms with Gasteiger partial charge in [-0.2, -0.15) is 0 Å². The number of nitrogens with zero attached hydrogens (tertiary/aromatic N) is 2. The maximum Gasteiger partial charge on any atom is 0.179 e. The number of hydrogen-bond donors (Lipinski definition) is 0. The fourth-order valence-corrected chi connectivity index (χ4v) is 1.78. The third kappa shape index (κ3) is 5.44. The quantitative estimate of drug-likeness (QED) is 0.708. The maximum absolute atomic E-state index is 13.4. The number of carbonyl (C=O) groups is 1. The zero-order valence-electron chi connectivity index (χ0n) is 11.6. The Morgan fingerprint density at radius 2 is 1.84 bits per heavy atom. The molecule has 0 bridgehead atoms. The molecule has 0 unspecified atom stereocenters. The molecule has 0 heterocycles. The SMILES string of the molecule is CN(C)CCCN(C)CC(=O)c1ccc(F)cc1F. The first-order valence-electron chi connectivity index (χ1n) is 6.21. The molecule has 1 aromatic rings. The smallest absolute Gasteiger partial charge is 0.179 e. The number of Topliss-reactive ketones (excluding diaryl/α,β-unsaturated/α-hetero) is 1. The van der Waals surface area contributed by atoms with E-state index in [1.807, 2.05) is 26.0 Å². The molecule has 0 atom stereocenters. The van der Waals surface area contributed by atoms with Gasteiger partial charge in [0.25, 0.3) is 0 Å². The summed E-state index contributed by atoms with van der Waals surface area (Å²) in [5, 5.41) is 0. The lowest BCUT2D eigenvalue weighted by atomic mass is 10.1. The summed E-state index contributed by atoms with van der Waals surface area (Å²) in [4.78, 5) is 15.8. The Morgan fingerprint density at radius 3 is 2.42 bits per heavy atom. The van der Waals surface area contributed by atoms with Crippen molar-refractivity contribution in [2.75, 3.05) is 40.8 Å². The predicted molar refractivity (Wildman–Crippen MR) is 71.4 cm³/mol. The van der Waals surface area contributed by atoms with Gasteiger partial charge in [0.2, 0.25) is 0 Å². The van der Waals surface area contributed by atoms with Crippen molar-refractivity contribution in [2.24, 2.45) is 0 Å². The zero-order chi connectivity index (χ0) is 14.4. The van der Waals surface area contributed by atoms with Gasteiger partial charge in [-0.15, -0.1) is 0 Å². The van der Waals surface area contributed by atoms with Gasteiger partial charge in [0.15, 0.2) is 5.78 Å². The number of ketones is 1. The summed E-state index contributed by atoms with van der Waals surface area (Å²) in [5.41, 5.74) is -0.0548. The van der Waals surface area contributed by atoms with Crippen molar-refractivity contribution in [1.29, 1.82) is 0 Å². The molecular formula is C14H20F2N2O. The number of halogens is 2. The van der Waals surface area contributed by atoms with Crippen LogP contribution in [0.1, 0.15) is 16.8 Å². The third-order valence-corrected chi connectivity index (χ3v) is 2.79. The van der Waals surface area contributed by atoms with Crippen LogP contribution in [0.15, 0.2) is 18.2 Å². The van der Waals surface area contributed by atoms with Gasteiger partial charge in [-0.3, -0.25) is 9.69 Å². The Morgan fingerprint density at radius 1 is 1.16 bits per heavy atom. The van der Waals surface area contributed by atoms with Crippen molar-refractivity contribution < 1.29 is 13.6 Å². The molecule has 0 spiro atoms. The van der Waals surface area contributed by atoms with Crippen LogP contribution in [0, 0.1) is 11.6 Å². The van der Waals surface area contributed by atoms with Gasteiger partial charge >= 0.3 is 0 Å². The van der Waals surface area contributed by atoms with Crippen LogP contribution in [-0.2, 0) is 0 Å². The molecule has 0 aromatic heterocycles. The fraction of sp³-hybridized carbons (Fsp3) is 0.500. The van der Waals surface area contributed by atoms with Crippen molar-refractivity contribution in [1.82, 2.24) is 9.80 Å². The molecule has 106 valence electrons. The number of carbonyl (C=O) groups excluding carboxylic acids is 1. The van der Waals surface area contributed by atoms with Crippen molar-refractivity contribution in [3.05, 3.63) is 35.4 Å². The van der Waals surface area contributed by atoms with Gasteiger partial charge in [-0.25, -0.2) is 8.78 Å². The average molecular weight is 270 g/mol. The van der Waals surface area contributed by atoms with Crippen LogP contribution in [0.4, 0.5) is 8.78 Å². The summed E-state index contributed by atoms with van der Waals surface area (Å²) in [6.07, 6.45) is 0.933. The molecule has 0 saturated heterocycles. The van der Waals surface area contributed by atoms with E-state index in [1.165, 1.54) is 6.07 Å². The van der Waals surface area contributed by atoms with E-state index in [4.69, 9.17) is 0 Å². The largest absolute Gasteiger partial charge is 0.309 e. The highest BCUT2D eigenvalue weighted by molar-refractivity contribution is 5.97. The molecule has 0 saturated carbocycles. The number of likely N-dealkylation sites (N-methyl/N-ethyl adjacent to an activating group) is 1. The Hall–Kier alpha value is -1.33. The molecule has 0 aliphatic carbocycles. The van der Waals surface area contributed by atoms with Gasteiger partial charge in [-0.05, 0) is 52.8 Å². The van der Waals surface area contributed by atoms with Gasteiger partial charge < -0.3 is 4.90 Å². The second-order valence-corrected chi connectivity index (χ2v) is 4.94. The first kappa shape index (κ1) is 15.7. The third-order valence-electron chi connectivity index (χ3n) is 2.79. The Balaban J connectivity index is 2.50. The van der Waals surface area contributed by atoms with Crippen molar-refractivity contribution in [3.8, 4) is 0 Å². The fourth-order valence-electron chi connectivity index (χ4n) is 1.78. The van der Waals surface area contributed by atoms with Crippen LogP contribution in [0.25, 0.3) is 0 Å². The highest BCUT2D eigenvalue weighted by atomic mass is 19.1. The summed E-state index contributed by atoms with van der Waals surface area (Å²) >= 11 is 0. The minimum atomic E-state index is -0.799. The lowest BCUT2D eigenvalue weighted by Crippen LogP contribution is -2.29. The van der Waals surface area contributed by atoms with Crippen LogP contribution in [0.5, 0.6) is 0 Å². The standard InChI is InChI=1S/C14H20F2N2O/c1-17(2)7-4-8-18(3)10-14(19)12-6-5-11(15)9-13(12)16/h5-6,9H,4,7-8,10H2,1-3H3. The van der Waals surface area contributed by atoms with Gasteiger partial charge in [0, 0.05) is 6.07 Å². The molecule has 0 aliphatic rings. The van der Waals surface area contributed by atoms with E-state index < -0.39 is 11.6 Å². The summed E-state index contributed by atoms with van der Waals surface area (Å²) in [5.74, 6) is -1.80. The molecule has 0 amide bonds. The van der Waals surface area contributed by atoms with Gasteiger partial charge in [-0.1, -0.05) is 0 Å². The Labute approximate surface area is 112 Å². The molecule has 3 nitrogen and oxygen atoms in total. The van der Waals surface area contributed by atoms with Crippen LogP contribution in [0.2, 0.25) is 0 Å². The summed E-state index contributed by atoms with van der Waals surface area (Å²) < 4.78 is 26.2. The van der Waals surface area contributed by atoms with Crippen molar-refractivity contribution in [3.63, 3.8) is 0 Å². The summed E-state index contributed by atoms with van der Waals surface area (Å²) in [6.45, 7) is 1.83. The first-order chi connectivity index (χ1) is 8.90. The minimum absolute atomic E-state index is 0.0548. The van der Waals surface area contributed by atoms with Crippen LogP contribution < -0.4 is 0 Å². The molecule has 5 heteroatoms.